The van der Waals surface area contributed by atoms with Gasteiger partial charge in [-0.05, 0) is 91.5 Å². The molecule has 0 spiro atoms. The summed E-state index contributed by atoms with van der Waals surface area (Å²) in [6.45, 7) is 6.39. The molecule has 3 aliphatic rings. The topological polar surface area (TPSA) is 206 Å². The van der Waals surface area contributed by atoms with E-state index in [0.717, 1.165) is 30.4 Å². The summed E-state index contributed by atoms with van der Waals surface area (Å²) in [7, 11) is 1.33. The Morgan fingerprint density at radius 1 is 0.984 bits per heavy atom. The van der Waals surface area contributed by atoms with E-state index in [1.807, 2.05) is 13.0 Å². The zero-order valence-corrected chi connectivity index (χ0v) is 34.6. The summed E-state index contributed by atoms with van der Waals surface area (Å²) in [5.74, 6) is -1.29. The highest BCUT2D eigenvalue weighted by molar-refractivity contribution is 6.03. The van der Waals surface area contributed by atoms with E-state index in [-0.39, 0.29) is 67.7 Å². The van der Waals surface area contributed by atoms with Crippen LogP contribution in [0.2, 0.25) is 0 Å². The van der Waals surface area contributed by atoms with Crippen LogP contribution >= 0.6 is 0 Å². The van der Waals surface area contributed by atoms with E-state index in [9.17, 15) is 35.2 Å². The normalized spacial score (nSPS) is 23.1. The number of methoxy groups -OCH3 is 1. The van der Waals surface area contributed by atoms with Crippen molar-refractivity contribution in [3.63, 3.8) is 0 Å². The average Bonchev–Trinajstić information content (AvgIpc) is 3.26. The summed E-state index contributed by atoms with van der Waals surface area (Å²) in [6, 6.07) is 16.6. The second-order valence-corrected chi connectivity index (χ2v) is 15.5. The van der Waals surface area contributed by atoms with Gasteiger partial charge in [0, 0.05) is 55.9 Å². The predicted octanol–water partition coefficient (Wildman–Crippen LogP) is 8.61. The first-order valence-electron chi connectivity index (χ1n) is 20.8. The van der Waals surface area contributed by atoms with E-state index in [1.54, 1.807) is 47.4 Å². The maximum Gasteiger partial charge on any atom is 0.409 e. The fourth-order valence-electron chi connectivity index (χ4n) is 9.14. The number of aliphatic hydroxyl groups is 2. The maximum atomic E-state index is 13.8. The molecule has 2 aliphatic carbocycles. The Morgan fingerprint density at radius 3 is 2.38 bits per heavy atom. The number of unbranched alkanes of at least 4 members (excludes halogenated alkanes) is 2. The Bertz CT molecular complexity index is 2090. The van der Waals surface area contributed by atoms with Crippen molar-refractivity contribution in [3.8, 4) is 17.2 Å². The highest BCUT2D eigenvalue weighted by atomic mass is 16.7. The molecular formula is C45H54N4O12. The zero-order valence-electron chi connectivity index (χ0n) is 34.6. The van der Waals surface area contributed by atoms with Gasteiger partial charge in [-0.15, -0.1) is 6.58 Å². The number of nitro benzene ring substituents is 2. The van der Waals surface area contributed by atoms with Crippen LogP contribution in [0.4, 0.5) is 16.2 Å². The Morgan fingerprint density at radius 2 is 1.70 bits per heavy atom. The van der Waals surface area contributed by atoms with Crippen molar-refractivity contribution in [1.29, 1.82) is 0 Å². The maximum absolute atomic E-state index is 13.8. The first-order chi connectivity index (χ1) is 29.6. The van der Waals surface area contributed by atoms with Crippen molar-refractivity contribution in [3.05, 3.63) is 122 Å². The number of non-ortho nitro benzene ring substituents is 2. The lowest BCUT2D eigenvalue weighted by Gasteiger charge is -2.59. The van der Waals surface area contributed by atoms with Gasteiger partial charge in [0.1, 0.15) is 29.9 Å². The largest absolute Gasteiger partial charge is 0.459 e. The van der Waals surface area contributed by atoms with Crippen LogP contribution in [0.1, 0.15) is 75.3 Å². The van der Waals surface area contributed by atoms with Crippen LogP contribution in [-0.4, -0.2) is 82.1 Å². The summed E-state index contributed by atoms with van der Waals surface area (Å²) >= 11 is 0. The number of carbonyl (C=O) groups is 1. The molecule has 6 rings (SSSR count). The minimum atomic E-state index is -1.49. The number of nitro groups is 2. The molecule has 3 aromatic carbocycles. The van der Waals surface area contributed by atoms with Gasteiger partial charge in [-0.2, -0.15) is 0 Å². The lowest BCUT2D eigenvalue weighted by atomic mass is 9.55. The molecule has 1 saturated carbocycles. The SMILES string of the molecule is C=CCO[C@@]12Oc3ccc(Oc4cccc([N+](=O)[O-])c4)cc3[C@H]3[C@H](CCCCO)[C@@H](CCCCO)C=C(C(=NOCc4ccc([N+](=O)[O-])cc4)C[C@@H]1N(CCC)C(=O)OC)[C@H]32. The second-order valence-electron chi connectivity index (χ2n) is 15.5. The molecule has 16 nitrogen and oxygen atoms in total. The third-order valence-corrected chi connectivity index (χ3v) is 11.7. The number of ether oxygens (including phenoxy) is 4. The monoisotopic (exact) mass is 842 g/mol. The molecule has 16 heteroatoms. The minimum absolute atomic E-state index is 0.0166. The minimum Gasteiger partial charge on any atom is -0.459 e. The number of hydrogen-bond acceptors (Lipinski definition) is 13. The first-order valence-corrected chi connectivity index (χ1v) is 20.8. The van der Waals surface area contributed by atoms with E-state index >= 15 is 0 Å². The Kier molecular flexibility index (Phi) is 15.1. The first kappa shape index (κ1) is 44.7. The van der Waals surface area contributed by atoms with Gasteiger partial charge < -0.3 is 34.0 Å². The lowest BCUT2D eigenvalue weighted by molar-refractivity contribution is -0.385. The van der Waals surface area contributed by atoms with Crippen molar-refractivity contribution in [2.24, 2.45) is 22.9 Å². The quantitative estimate of drug-likeness (QED) is 0.0448. The standard InChI is InChI=1S/C45H54N4O12/c1-4-21-47(44(52)57-3)41-28-39(46-59-29-30-15-17-32(18-16-30)48(53)54)37-25-31(11-6-8-22-50)36(14-7-9-23-51)42-38-27-35(60-34-13-10-12-33(26-34)49(55)56)19-20-40(38)61-45(41,43(37)42)58-24-5-2/h5,10,12-13,15-20,25-27,31,36,41-43,50-51H,2,4,6-9,11,14,21-24,28-29H2,1,3H3/t31-,36+,41-,42+,43+,45+/m0/s1. The smallest absolute Gasteiger partial charge is 0.409 e. The number of carbonyl (C=O) groups excluding carboxylic acids is 1. The highest BCUT2D eigenvalue weighted by Gasteiger charge is 2.65. The second kappa shape index (κ2) is 20.6. The molecule has 0 radical (unpaired) electrons. The number of amides is 1. The van der Waals surface area contributed by atoms with Crippen molar-refractivity contribution in [2.75, 3.05) is 33.5 Å². The molecule has 2 N–H and O–H groups in total. The molecule has 0 saturated heterocycles. The Labute approximate surface area is 354 Å². The average molecular weight is 843 g/mol. The van der Waals surface area contributed by atoms with Crippen LogP contribution in [0.25, 0.3) is 0 Å². The van der Waals surface area contributed by atoms with Crippen molar-refractivity contribution >= 4 is 23.2 Å². The molecule has 61 heavy (non-hydrogen) atoms. The molecule has 1 fully saturated rings. The molecule has 3 aromatic rings. The summed E-state index contributed by atoms with van der Waals surface area (Å²) < 4.78 is 25.8. The molecule has 1 amide bonds. The van der Waals surface area contributed by atoms with Crippen molar-refractivity contribution in [2.45, 2.75) is 82.6 Å². The van der Waals surface area contributed by atoms with Gasteiger partial charge >= 0.3 is 6.09 Å². The molecular weight excluding hydrogens is 789 g/mol. The van der Waals surface area contributed by atoms with E-state index in [4.69, 9.17) is 28.9 Å². The summed E-state index contributed by atoms with van der Waals surface area (Å²) in [5, 5.41) is 47.4. The molecule has 326 valence electrons. The van der Waals surface area contributed by atoms with Crippen molar-refractivity contribution < 1.29 is 48.6 Å². The van der Waals surface area contributed by atoms with Gasteiger partial charge in [-0.3, -0.25) is 25.1 Å². The van der Waals surface area contributed by atoms with Gasteiger partial charge in [0.05, 0.1) is 41.3 Å². The highest BCUT2D eigenvalue weighted by Crippen LogP contribution is 2.62. The Balaban J connectivity index is 1.56. The lowest BCUT2D eigenvalue weighted by Crippen LogP contribution is -2.70. The Hall–Kier alpha value is -5.84. The summed E-state index contributed by atoms with van der Waals surface area (Å²) in [5.41, 5.74) is 2.71. The van der Waals surface area contributed by atoms with Crippen LogP contribution in [-0.2, 0) is 20.9 Å². The number of oxime groups is 1. The number of fused-ring (bicyclic) bond motifs is 2. The van der Waals surface area contributed by atoms with Gasteiger partial charge in [0.25, 0.3) is 11.4 Å². The van der Waals surface area contributed by atoms with Crippen LogP contribution in [0, 0.1) is 38.0 Å². The van der Waals surface area contributed by atoms with Gasteiger partial charge in [-0.1, -0.05) is 43.1 Å². The number of hydrogen-bond donors (Lipinski definition) is 2. The summed E-state index contributed by atoms with van der Waals surface area (Å²) in [4.78, 5) is 43.5. The number of aliphatic hydroxyl groups excluding tert-OH is 2. The van der Waals surface area contributed by atoms with Crippen LogP contribution in [0.3, 0.4) is 0 Å². The molecule has 0 unspecified atom stereocenters. The number of benzene rings is 3. The molecule has 6 atom stereocenters. The van der Waals surface area contributed by atoms with E-state index < -0.39 is 33.7 Å². The van der Waals surface area contributed by atoms with Crippen molar-refractivity contribution in [1.82, 2.24) is 4.90 Å². The molecule has 1 heterocycles. The van der Waals surface area contributed by atoms with Crippen LogP contribution in [0.15, 0.2) is 96.2 Å². The van der Waals surface area contributed by atoms with E-state index in [1.165, 1.54) is 31.4 Å². The van der Waals surface area contributed by atoms with Gasteiger partial charge in [0.2, 0.25) is 5.79 Å². The van der Waals surface area contributed by atoms with E-state index in [2.05, 4.69) is 12.7 Å². The molecule has 1 aliphatic heterocycles. The summed E-state index contributed by atoms with van der Waals surface area (Å²) in [6.07, 6.45) is 8.14. The molecule has 0 aromatic heterocycles. The predicted molar refractivity (Wildman–Crippen MR) is 225 cm³/mol. The third kappa shape index (κ3) is 9.87. The molecule has 0 bridgehead atoms. The van der Waals surface area contributed by atoms with Gasteiger partial charge in [-0.25, -0.2) is 4.79 Å². The fourth-order valence-corrected chi connectivity index (χ4v) is 9.14. The van der Waals surface area contributed by atoms with Gasteiger partial charge in [0.15, 0.2) is 0 Å². The van der Waals surface area contributed by atoms with Crippen LogP contribution in [0.5, 0.6) is 17.2 Å². The van der Waals surface area contributed by atoms with Crippen LogP contribution < -0.4 is 9.47 Å². The third-order valence-electron chi connectivity index (χ3n) is 11.7. The zero-order chi connectivity index (χ0) is 43.5. The number of nitrogens with zero attached hydrogens (tertiary/aromatic N) is 4. The fraction of sp³-hybridized carbons (Fsp3) is 0.467. The number of allylic oxidation sites excluding steroid dienone is 1. The van der Waals surface area contributed by atoms with E-state index in [0.29, 0.717) is 55.0 Å². The number of rotatable bonds is 21.